The molecule has 0 aromatic heterocycles. The summed E-state index contributed by atoms with van der Waals surface area (Å²) in [6.07, 6.45) is 1.54. The Kier molecular flexibility index (Phi) is 3.87. The first-order valence-corrected chi connectivity index (χ1v) is 4.75. The predicted molar refractivity (Wildman–Crippen MR) is 60.6 cm³/mol. The molecule has 1 rings (SSSR count). The zero-order chi connectivity index (χ0) is 13.0. The zero-order valence-electron chi connectivity index (χ0n) is 9.52. The number of hydrogen-bond acceptors (Lipinski definition) is 5. The lowest BCUT2D eigenvalue weighted by Gasteiger charge is -2.12. The van der Waals surface area contributed by atoms with E-state index in [-0.39, 0.29) is 22.8 Å². The molecule has 0 fully saturated rings. The van der Waals surface area contributed by atoms with Crippen molar-refractivity contribution >= 4 is 12.3 Å². The van der Waals surface area contributed by atoms with E-state index in [1.54, 1.807) is 6.92 Å². The molecule has 0 spiro atoms. The second-order valence-electron chi connectivity index (χ2n) is 3.21. The van der Waals surface area contributed by atoms with Crippen molar-refractivity contribution in [1.82, 2.24) is 0 Å². The van der Waals surface area contributed by atoms with Crippen LogP contribution in [0.2, 0.25) is 0 Å². The van der Waals surface area contributed by atoms with Gasteiger partial charge in [0.1, 0.15) is 0 Å². The number of methoxy groups -OCH3 is 1. The van der Waals surface area contributed by atoms with Gasteiger partial charge in [-0.2, -0.15) is 0 Å². The molecule has 1 N–H and O–H groups in total. The third-order valence-corrected chi connectivity index (χ3v) is 2.22. The average molecular weight is 236 g/mol. The van der Waals surface area contributed by atoms with Gasteiger partial charge >= 0.3 is 5.97 Å². The van der Waals surface area contributed by atoms with Crippen LogP contribution in [-0.4, -0.2) is 24.5 Å². The fourth-order valence-electron chi connectivity index (χ4n) is 1.34. The largest absolute Gasteiger partial charge is 0.502 e. The molecule has 5 nitrogen and oxygen atoms in total. The minimum absolute atomic E-state index is 0.0986. The van der Waals surface area contributed by atoms with Crippen molar-refractivity contribution in [2.75, 3.05) is 7.11 Å². The molecule has 17 heavy (non-hydrogen) atoms. The highest BCUT2D eigenvalue weighted by molar-refractivity contribution is 5.86. The van der Waals surface area contributed by atoms with E-state index in [2.05, 4.69) is 6.58 Å². The SMILES string of the molecule is C=CC(=O)Oc1cc(C=O)c(C)c(OC)c1O. The highest BCUT2D eigenvalue weighted by Gasteiger charge is 2.17. The van der Waals surface area contributed by atoms with Gasteiger partial charge in [0.05, 0.1) is 7.11 Å². The van der Waals surface area contributed by atoms with Gasteiger partial charge in [-0.1, -0.05) is 6.58 Å². The van der Waals surface area contributed by atoms with Crippen LogP contribution in [0.25, 0.3) is 0 Å². The Morgan fingerprint density at radius 1 is 1.53 bits per heavy atom. The normalized spacial score (nSPS) is 9.53. The summed E-state index contributed by atoms with van der Waals surface area (Å²) in [7, 11) is 1.34. The van der Waals surface area contributed by atoms with E-state index in [1.807, 2.05) is 0 Å². The van der Waals surface area contributed by atoms with Crippen LogP contribution in [0.4, 0.5) is 0 Å². The number of esters is 1. The van der Waals surface area contributed by atoms with Crippen LogP contribution < -0.4 is 9.47 Å². The van der Waals surface area contributed by atoms with Crippen molar-refractivity contribution in [1.29, 1.82) is 0 Å². The molecule has 1 aromatic rings. The molecule has 0 amide bonds. The number of hydrogen-bond donors (Lipinski definition) is 1. The third kappa shape index (κ3) is 2.44. The lowest BCUT2D eigenvalue weighted by atomic mass is 10.1. The molecule has 1 aromatic carbocycles. The molecule has 0 aliphatic carbocycles. The summed E-state index contributed by atoms with van der Waals surface area (Å²) in [5.41, 5.74) is 0.741. The first-order chi connectivity index (χ1) is 8.04. The lowest BCUT2D eigenvalue weighted by Crippen LogP contribution is -2.05. The maximum absolute atomic E-state index is 11.0. The summed E-state index contributed by atoms with van der Waals surface area (Å²) in [6, 6.07) is 1.27. The van der Waals surface area contributed by atoms with Crippen LogP contribution in [0, 0.1) is 6.92 Å². The smallest absolute Gasteiger partial charge is 0.335 e. The maximum Gasteiger partial charge on any atom is 0.335 e. The molecule has 90 valence electrons. The van der Waals surface area contributed by atoms with Crippen LogP contribution in [0.15, 0.2) is 18.7 Å². The van der Waals surface area contributed by atoms with E-state index in [1.165, 1.54) is 13.2 Å². The summed E-state index contributed by atoms with van der Waals surface area (Å²) in [4.78, 5) is 21.9. The Hall–Kier alpha value is -2.30. The van der Waals surface area contributed by atoms with Crippen LogP contribution in [0.1, 0.15) is 15.9 Å². The van der Waals surface area contributed by atoms with E-state index >= 15 is 0 Å². The van der Waals surface area contributed by atoms with E-state index in [9.17, 15) is 14.7 Å². The van der Waals surface area contributed by atoms with E-state index < -0.39 is 5.97 Å². The third-order valence-electron chi connectivity index (χ3n) is 2.22. The van der Waals surface area contributed by atoms with E-state index in [0.29, 0.717) is 11.8 Å². The van der Waals surface area contributed by atoms with Gasteiger partial charge in [0.15, 0.2) is 17.8 Å². The number of rotatable bonds is 4. The van der Waals surface area contributed by atoms with Gasteiger partial charge in [0.2, 0.25) is 5.75 Å². The standard InChI is InChI=1S/C12H12O5/c1-4-10(14)17-9-5-8(6-13)7(2)12(16-3)11(9)15/h4-6,15H,1H2,2-3H3. The topological polar surface area (TPSA) is 72.8 Å². The summed E-state index contributed by atoms with van der Waals surface area (Å²) >= 11 is 0. The number of benzene rings is 1. The number of phenols is 1. The molecular weight excluding hydrogens is 224 g/mol. The second kappa shape index (κ2) is 5.16. The van der Waals surface area contributed by atoms with Gasteiger partial charge < -0.3 is 14.6 Å². The quantitative estimate of drug-likeness (QED) is 0.372. The second-order valence-corrected chi connectivity index (χ2v) is 3.21. The number of aromatic hydroxyl groups is 1. The van der Waals surface area contributed by atoms with Crippen LogP contribution in [0.3, 0.4) is 0 Å². The van der Waals surface area contributed by atoms with Crippen molar-refractivity contribution in [2.24, 2.45) is 0 Å². The average Bonchev–Trinajstić information content (AvgIpc) is 2.33. The molecule has 0 aliphatic heterocycles. The fourth-order valence-corrected chi connectivity index (χ4v) is 1.34. The molecule has 0 aliphatic rings. The highest BCUT2D eigenvalue weighted by Crippen LogP contribution is 2.40. The Morgan fingerprint density at radius 3 is 2.65 bits per heavy atom. The molecule has 0 saturated heterocycles. The summed E-state index contributed by atoms with van der Waals surface area (Å²) in [5.74, 6) is -1.10. The van der Waals surface area contributed by atoms with Crippen molar-refractivity contribution < 1.29 is 24.2 Å². The number of ether oxygens (including phenoxy) is 2. The number of carbonyl (C=O) groups is 2. The zero-order valence-corrected chi connectivity index (χ0v) is 9.52. The minimum Gasteiger partial charge on any atom is -0.502 e. The maximum atomic E-state index is 11.0. The molecular formula is C12H12O5. The van der Waals surface area contributed by atoms with Gasteiger partial charge in [0, 0.05) is 17.2 Å². The Bertz CT molecular complexity index is 476. The van der Waals surface area contributed by atoms with Crippen LogP contribution in [-0.2, 0) is 4.79 Å². The number of aldehydes is 1. The molecule has 0 saturated carbocycles. The molecule has 0 heterocycles. The first kappa shape index (κ1) is 12.8. The number of carbonyl (C=O) groups excluding carboxylic acids is 2. The van der Waals surface area contributed by atoms with Crippen molar-refractivity contribution in [3.05, 3.63) is 29.8 Å². The van der Waals surface area contributed by atoms with Crippen molar-refractivity contribution in [3.8, 4) is 17.2 Å². The molecule has 0 unspecified atom stereocenters. The molecule has 0 atom stereocenters. The molecule has 0 bridgehead atoms. The van der Waals surface area contributed by atoms with E-state index in [0.717, 1.165) is 6.08 Å². The van der Waals surface area contributed by atoms with Gasteiger partial charge in [0.25, 0.3) is 0 Å². The first-order valence-electron chi connectivity index (χ1n) is 4.75. The lowest BCUT2D eigenvalue weighted by molar-refractivity contribution is -0.129. The fraction of sp³-hybridized carbons (Fsp3) is 0.167. The van der Waals surface area contributed by atoms with Crippen LogP contribution >= 0.6 is 0 Å². The predicted octanol–water partition coefficient (Wildman–Crippen LogP) is 1.61. The summed E-state index contributed by atoms with van der Waals surface area (Å²) in [5, 5.41) is 9.78. The van der Waals surface area contributed by atoms with Crippen molar-refractivity contribution in [3.63, 3.8) is 0 Å². The summed E-state index contributed by atoms with van der Waals surface area (Å²) < 4.78 is 9.74. The Morgan fingerprint density at radius 2 is 2.18 bits per heavy atom. The van der Waals surface area contributed by atoms with Gasteiger partial charge in [-0.05, 0) is 13.0 Å². The summed E-state index contributed by atoms with van der Waals surface area (Å²) in [6.45, 7) is 4.84. The van der Waals surface area contributed by atoms with Gasteiger partial charge in [-0.3, -0.25) is 4.79 Å². The monoisotopic (exact) mass is 236 g/mol. The molecule has 0 radical (unpaired) electrons. The minimum atomic E-state index is -0.733. The van der Waals surface area contributed by atoms with Crippen LogP contribution in [0.5, 0.6) is 17.2 Å². The molecule has 5 heteroatoms. The Labute approximate surface area is 98.3 Å². The highest BCUT2D eigenvalue weighted by atomic mass is 16.5. The van der Waals surface area contributed by atoms with Crippen molar-refractivity contribution in [2.45, 2.75) is 6.92 Å². The van der Waals surface area contributed by atoms with Gasteiger partial charge in [-0.15, -0.1) is 0 Å². The van der Waals surface area contributed by atoms with Gasteiger partial charge in [-0.25, -0.2) is 4.79 Å². The Balaban J connectivity index is 3.35. The number of phenolic OH excluding ortho intramolecular Hbond substituents is 1. The van der Waals surface area contributed by atoms with E-state index in [4.69, 9.17) is 9.47 Å².